The van der Waals surface area contributed by atoms with Gasteiger partial charge in [0.25, 0.3) is 0 Å². The Morgan fingerprint density at radius 2 is 1.69 bits per heavy atom. The summed E-state index contributed by atoms with van der Waals surface area (Å²) in [4.78, 5) is 39.6. The van der Waals surface area contributed by atoms with Crippen molar-refractivity contribution in [3.63, 3.8) is 0 Å². The fourth-order valence-corrected chi connectivity index (χ4v) is 6.43. The van der Waals surface area contributed by atoms with Crippen molar-refractivity contribution in [1.82, 2.24) is 5.32 Å². The minimum absolute atomic E-state index is 0.158. The highest BCUT2D eigenvalue weighted by molar-refractivity contribution is 6.31. The molecular weight excluding hydrogens is 535 g/mol. The van der Waals surface area contributed by atoms with Gasteiger partial charge < -0.3 is 21.7 Å². The number of halogens is 2. The SMILES string of the molecule is CC(C)(C)C[C@H]1N[C@H](C(=O)Nc2ccc(C(N)=O)cc2)[C@@H](c2cccc(Cl)c2)[C@@]12C(=O)Nc1cc(Cl)ccc12. The average Bonchev–Trinajstić information content (AvgIpc) is 3.33. The van der Waals surface area contributed by atoms with E-state index >= 15 is 0 Å². The molecule has 1 saturated heterocycles. The van der Waals surface area contributed by atoms with Crippen LogP contribution in [0.15, 0.2) is 66.7 Å². The third-order valence-corrected chi connectivity index (χ3v) is 8.02. The van der Waals surface area contributed by atoms with E-state index in [0.717, 1.165) is 11.1 Å². The first-order valence-electron chi connectivity index (χ1n) is 12.7. The molecule has 0 radical (unpaired) electrons. The predicted molar refractivity (Wildman–Crippen MR) is 154 cm³/mol. The maximum atomic E-state index is 14.2. The van der Waals surface area contributed by atoms with Crippen LogP contribution in [0.5, 0.6) is 0 Å². The normalized spacial score (nSPS) is 23.9. The summed E-state index contributed by atoms with van der Waals surface area (Å²) in [7, 11) is 0. The molecule has 0 aromatic heterocycles. The first kappa shape index (κ1) is 27.2. The average molecular weight is 566 g/mol. The molecule has 5 N–H and O–H groups in total. The van der Waals surface area contributed by atoms with Crippen molar-refractivity contribution in [1.29, 1.82) is 0 Å². The highest BCUT2D eigenvalue weighted by Gasteiger charge is 2.65. The lowest BCUT2D eigenvalue weighted by Crippen LogP contribution is -2.49. The smallest absolute Gasteiger partial charge is 0.248 e. The number of primary amides is 1. The van der Waals surface area contributed by atoms with Crippen LogP contribution >= 0.6 is 23.2 Å². The van der Waals surface area contributed by atoms with Crippen LogP contribution in [-0.4, -0.2) is 29.8 Å². The molecule has 1 fully saturated rings. The molecule has 2 aliphatic heterocycles. The number of carbonyl (C=O) groups is 3. The second-order valence-corrected chi connectivity index (χ2v) is 12.3. The van der Waals surface area contributed by atoms with Crippen molar-refractivity contribution in [2.75, 3.05) is 10.6 Å². The first-order valence-corrected chi connectivity index (χ1v) is 13.5. The number of hydrogen-bond donors (Lipinski definition) is 4. The van der Waals surface area contributed by atoms with Crippen molar-refractivity contribution in [3.8, 4) is 0 Å². The van der Waals surface area contributed by atoms with E-state index < -0.39 is 23.3 Å². The van der Waals surface area contributed by atoms with Crippen LogP contribution in [0, 0.1) is 5.41 Å². The zero-order chi connectivity index (χ0) is 28.1. The highest BCUT2D eigenvalue weighted by atomic mass is 35.5. The number of amides is 3. The molecule has 0 bridgehead atoms. The van der Waals surface area contributed by atoms with Gasteiger partial charge in [-0.2, -0.15) is 0 Å². The van der Waals surface area contributed by atoms with Crippen LogP contribution in [-0.2, 0) is 15.0 Å². The summed E-state index contributed by atoms with van der Waals surface area (Å²) in [5.41, 5.74) is 7.16. The molecular formula is C30H30Cl2N4O3. The number of anilines is 2. The summed E-state index contributed by atoms with van der Waals surface area (Å²) < 4.78 is 0. The topological polar surface area (TPSA) is 113 Å². The van der Waals surface area contributed by atoms with Gasteiger partial charge in [0.15, 0.2) is 0 Å². The lowest BCUT2D eigenvalue weighted by atomic mass is 9.62. The van der Waals surface area contributed by atoms with Crippen molar-refractivity contribution >= 4 is 52.3 Å². The molecule has 3 aromatic rings. The minimum Gasteiger partial charge on any atom is -0.366 e. The van der Waals surface area contributed by atoms with E-state index in [4.69, 9.17) is 28.9 Å². The first-order chi connectivity index (χ1) is 18.4. The zero-order valence-electron chi connectivity index (χ0n) is 21.8. The van der Waals surface area contributed by atoms with Crippen LogP contribution in [0.2, 0.25) is 10.0 Å². The van der Waals surface area contributed by atoms with E-state index in [-0.39, 0.29) is 23.3 Å². The van der Waals surface area contributed by atoms with Gasteiger partial charge in [-0.15, -0.1) is 0 Å². The largest absolute Gasteiger partial charge is 0.366 e. The molecule has 1 spiro atoms. The standard InChI is InChI=1S/C30H30Cl2N4O3/c1-29(2,3)15-23-30(21-12-9-19(32)14-22(21)35-28(30)39)24(17-5-4-6-18(31)13-17)25(36-23)27(38)34-20-10-7-16(8-11-20)26(33)37/h4-14,23-25,36H,15H2,1-3H3,(H2,33,37)(H,34,38)(H,35,39)/t23-,24-,25+,30+/m1/s1. The van der Waals surface area contributed by atoms with Crippen molar-refractivity contribution in [2.24, 2.45) is 11.1 Å². The van der Waals surface area contributed by atoms with Gasteiger partial charge in [0.2, 0.25) is 17.7 Å². The quantitative estimate of drug-likeness (QED) is 0.328. The summed E-state index contributed by atoms with van der Waals surface area (Å²) in [5, 5.41) is 10.6. The van der Waals surface area contributed by atoms with Gasteiger partial charge in [-0.1, -0.05) is 62.2 Å². The van der Waals surface area contributed by atoms with Crippen molar-refractivity contribution in [3.05, 3.63) is 93.5 Å². The Balaban J connectivity index is 1.66. The monoisotopic (exact) mass is 564 g/mol. The second-order valence-electron chi connectivity index (χ2n) is 11.4. The molecule has 5 rings (SSSR count). The molecule has 2 aliphatic rings. The van der Waals surface area contributed by atoms with E-state index in [0.29, 0.717) is 33.4 Å². The molecule has 4 atom stereocenters. The van der Waals surface area contributed by atoms with Gasteiger partial charge in [0, 0.05) is 38.9 Å². The third kappa shape index (κ3) is 4.91. The predicted octanol–water partition coefficient (Wildman–Crippen LogP) is 5.48. The number of hydrogen-bond acceptors (Lipinski definition) is 4. The molecule has 0 aliphatic carbocycles. The summed E-state index contributed by atoms with van der Waals surface area (Å²) in [6, 6.07) is 17.9. The number of nitrogens with one attached hydrogen (secondary N) is 3. The number of fused-ring (bicyclic) bond motifs is 2. The second kappa shape index (κ2) is 9.97. The molecule has 2 heterocycles. The molecule has 7 nitrogen and oxygen atoms in total. The summed E-state index contributed by atoms with van der Waals surface area (Å²) in [6.45, 7) is 6.33. The van der Waals surface area contributed by atoms with E-state index in [9.17, 15) is 14.4 Å². The van der Waals surface area contributed by atoms with Crippen molar-refractivity contribution in [2.45, 2.75) is 50.6 Å². The molecule has 0 unspecified atom stereocenters. The third-order valence-electron chi connectivity index (χ3n) is 7.55. The van der Waals surface area contributed by atoms with E-state index in [1.165, 1.54) is 0 Å². The van der Waals surface area contributed by atoms with Gasteiger partial charge in [0.1, 0.15) is 5.41 Å². The Morgan fingerprint density at radius 3 is 2.33 bits per heavy atom. The highest BCUT2D eigenvalue weighted by Crippen LogP contribution is 2.56. The van der Waals surface area contributed by atoms with Crippen LogP contribution in [0.1, 0.15) is 54.6 Å². The van der Waals surface area contributed by atoms with Gasteiger partial charge in [-0.3, -0.25) is 14.4 Å². The van der Waals surface area contributed by atoms with Crippen LogP contribution in [0.25, 0.3) is 0 Å². The van der Waals surface area contributed by atoms with Crippen LogP contribution in [0.4, 0.5) is 11.4 Å². The van der Waals surface area contributed by atoms with Gasteiger partial charge in [-0.05, 0) is 71.5 Å². The lowest BCUT2D eigenvalue weighted by molar-refractivity contribution is -0.122. The lowest BCUT2D eigenvalue weighted by Gasteiger charge is -2.37. The minimum atomic E-state index is -1.10. The molecule has 3 aromatic carbocycles. The number of nitrogens with two attached hydrogens (primary N) is 1. The van der Waals surface area contributed by atoms with Gasteiger partial charge in [-0.25, -0.2) is 0 Å². The molecule has 0 saturated carbocycles. The molecule has 202 valence electrons. The molecule has 39 heavy (non-hydrogen) atoms. The number of carbonyl (C=O) groups excluding carboxylic acids is 3. The Labute approximate surface area is 237 Å². The number of benzene rings is 3. The van der Waals surface area contributed by atoms with Crippen molar-refractivity contribution < 1.29 is 14.4 Å². The Morgan fingerprint density at radius 1 is 1.00 bits per heavy atom. The molecule has 9 heteroatoms. The van der Waals surface area contributed by atoms with E-state index in [1.807, 2.05) is 24.3 Å². The summed E-state index contributed by atoms with van der Waals surface area (Å²) in [5.74, 6) is -1.63. The van der Waals surface area contributed by atoms with E-state index in [1.54, 1.807) is 42.5 Å². The Hall–Kier alpha value is -3.39. The number of rotatable bonds is 5. The Kier molecular flexibility index (Phi) is 6.95. The Bertz CT molecular complexity index is 1470. The molecule has 3 amide bonds. The van der Waals surface area contributed by atoms with E-state index in [2.05, 4.69) is 36.7 Å². The fraction of sp³-hybridized carbons (Fsp3) is 0.300. The van der Waals surface area contributed by atoms with Gasteiger partial charge >= 0.3 is 0 Å². The maximum Gasteiger partial charge on any atom is 0.248 e. The maximum absolute atomic E-state index is 14.2. The van der Waals surface area contributed by atoms with Crippen LogP contribution in [0.3, 0.4) is 0 Å². The van der Waals surface area contributed by atoms with Crippen LogP contribution < -0.4 is 21.7 Å². The van der Waals surface area contributed by atoms with Gasteiger partial charge in [0.05, 0.1) is 6.04 Å². The summed E-state index contributed by atoms with van der Waals surface area (Å²) >= 11 is 12.7. The zero-order valence-corrected chi connectivity index (χ0v) is 23.4. The fourth-order valence-electron chi connectivity index (χ4n) is 6.06. The summed E-state index contributed by atoms with van der Waals surface area (Å²) in [6.07, 6.45) is 0.622.